The molecule has 56 heavy (non-hydrogen) atoms. The van der Waals surface area contributed by atoms with E-state index in [1.807, 2.05) is 0 Å². The molecular formula is C55H39N. The normalized spacial score (nSPS) is 14.0. The van der Waals surface area contributed by atoms with Crippen LogP contribution in [-0.2, 0) is 6.42 Å². The van der Waals surface area contributed by atoms with Crippen LogP contribution in [-0.4, -0.2) is 0 Å². The molecule has 1 aliphatic rings. The monoisotopic (exact) mass is 713 g/mol. The number of nitrogens with zero attached hydrogens (tertiary/aromatic N) is 1. The van der Waals surface area contributed by atoms with Gasteiger partial charge in [0.1, 0.15) is 0 Å². The number of benzene rings is 10. The van der Waals surface area contributed by atoms with Crippen molar-refractivity contribution in [1.82, 2.24) is 0 Å². The minimum absolute atomic E-state index is 0.416. The van der Waals surface area contributed by atoms with Gasteiger partial charge in [0.2, 0.25) is 0 Å². The second-order valence-electron chi connectivity index (χ2n) is 15.3. The maximum atomic E-state index is 2.44. The average molecular weight is 714 g/mol. The summed E-state index contributed by atoms with van der Waals surface area (Å²) < 4.78 is 0. The van der Waals surface area contributed by atoms with Crippen LogP contribution in [0.5, 0.6) is 0 Å². The Bertz CT molecular complexity index is 3170. The number of hydrogen-bond acceptors (Lipinski definition) is 1. The second kappa shape index (κ2) is 13.1. The Morgan fingerprint density at radius 3 is 1.68 bits per heavy atom. The van der Waals surface area contributed by atoms with E-state index in [4.69, 9.17) is 0 Å². The van der Waals surface area contributed by atoms with Gasteiger partial charge in [-0.15, -0.1) is 0 Å². The Morgan fingerprint density at radius 1 is 0.411 bits per heavy atom. The number of fused-ring (bicyclic) bond motifs is 9. The van der Waals surface area contributed by atoms with Gasteiger partial charge in [-0.25, -0.2) is 0 Å². The summed E-state index contributed by atoms with van der Waals surface area (Å²) in [6.07, 6.45) is 3.47. The predicted molar refractivity (Wildman–Crippen MR) is 241 cm³/mol. The minimum Gasteiger partial charge on any atom is -0.310 e. The van der Waals surface area contributed by atoms with Gasteiger partial charge in [-0.2, -0.15) is 0 Å². The lowest BCUT2D eigenvalue weighted by atomic mass is 9.80. The first kappa shape index (κ1) is 32.5. The highest BCUT2D eigenvalue weighted by Crippen LogP contribution is 2.44. The summed E-state index contributed by atoms with van der Waals surface area (Å²) in [5.41, 5.74) is 11.4. The molecule has 0 heterocycles. The highest BCUT2D eigenvalue weighted by atomic mass is 15.1. The number of rotatable bonds is 5. The summed E-state index contributed by atoms with van der Waals surface area (Å²) in [4.78, 5) is 2.44. The molecule has 0 bridgehead atoms. The second-order valence-corrected chi connectivity index (χ2v) is 15.3. The van der Waals surface area contributed by atoms with Crippen LogP contribution in [0.2, 0.25) is 0 Å². The summed E-state index contributed by atoms with van der Waals surface area (Å²) >= 11 is 0. The Morgan fingerprint density at radius 2 is 0.946 bits per heavy atom. The summed E-state index contributed by atoms with van der Waals surface area (Å²) in [6, 6.07) is 71.6. The van der Waals surface area contributed by atoms with E-state index in [9.17, 15) is 0 Å². The maximum absolute atomic E-state index is 2.44. The molecule has 0 aromatic heterocycles. The van der Waals surface area contributed by atoms with E-state index in [0.717, 1.165) is 17.8 Å². The number of anilines is 3. The van der Waals surface area contributed by atoms with E-state index >= 15 is 0 Å². The SMILES string of the molecule is CC1Cc2c(ccc3ccccc23)C=C1c1ccc(N(c2ccc(-c3cccc4c3ccc3ccccc34)cc2)c2cc3ccccc3c3ccccc23)cc1. The standard InChI is InChI=1S/C55H39N/c1-36-33-54-42(22-21-37-11-3-6-15-47(37)54)34-53(36)40-25-30-44(31-26-40)56(55-35-41-13-4-7-16-48(41)50-17-8-9-18-52(50)55)43-28-23-39(24-29-43)46-19-10-20-49-45-14-5-2-12-38(45)27-32-51(46)49/h2-32,34-36H,33H2,1H3. The van der Waals surface area contributed by atoms with E-state index in [1.54, 1.807) is 0 Å². The molecule has 0 radical (unpaired) electrons. The van der Waals surface area contributed by atoms with Crippen LogP contribution in [0.1, 0.15) is 23.6 Å². The van der Waals surface area contributed by atoms with Crippen LogP contribution in [0.25, 0.3) is 76.6 Å². The van der Waals surface area contributed by atoms with Crippen molar-refractivity contribution in [3.05, 3.63) is 211 Å². The Hall–Kier alpha value is -6.96. The van der Waals surface area contributed by atoms with Crippen molar-refractivity contribution in [3.63, 3.8) is 0 Å². The zero-order valence-corrected chi connectivity index (χ0v) is 31.3. The Kier molecular flexibility index (Phi) is 7.60. The molecule has 1 nitrogen and oxygen atoms in total. The lowest BCUT2D eigenvalue weighted by Crippen LogP contribution is -2.12. The first-order valence-corrected chi connectivity index (χ1v) is 19.7. The van der Waals surface area contributed by atoms with E-state index < -0.39 is 0 Å². The van der Waals surface area contributed by atoms with Crippen molar-refractivity contribution in [3.8, 4) is 11.1 Å². The van der Waals surface area contributed by atoms with Gasteiger partial charge in [0, 0.05) is 16.8 Å². The fraction of sp³-hybridized carbons (Fsp3) is 0.0545. The van der Waals surface area contributed by atoms with Gasteiger partial charge in [0.25, 0.3) is 0 Å². The van der Waals surface area contributed by atoms with Gasteiger partial charge in [0.15, 0.2) is 0 Å². The van der Waals surface area contributed by atoms with Gasteiger partial charge in [0.05, 0.1) is 5.69 Å². The van der Waals surface area contributed by atoms with Crippen LogP contribution in [0.3, 0.4) is 0 Å². The summed E-state index contributed by atoms with van der Waals surface area (Å²) in [5.74, 6) is 0.416. The van der Waals surface area contributed by atoms with Gasteiger partial charge >= 0.3 is 0 Å². The molecule has 0 N–H and O–H groups in total. The molecule has 0 spiro atoms. The van der Waals surface area contributed by atoms with Gasteiger partial charge in [-0.3, -0.25) is 0 Å². The first-order chi connectivity index (χ1) is 27.7. The number of hydrogen-bond donors (Lipinski definition) is 0. The van der Waals surface area contributed by atoms with Gasteiger partial charge in [-0.05, 0) is 125 Å². The van der Waals surface area contributed by atoms with Crippen LogP contribution in [0.4, 0.5) is 17.1 Å². The van der Waals surface area contributed by atoms with Crippen LogP contribution >= 0.6 is 0 Å². The van der Waals surface area contributed by atoms with Crippen molar-refractivity contribution >= 4 is 82.6 Å². The Balaban J connectivity index is 1.04. The molecule has 264 valence electrons. The zero-order valence-electron chi connectivity index (χ0n) is 31.3. The average Bonchev–Trinajstić information content (AvgIpc) is 3.26. The third kappa shape index (κ3) is 5.31. The molecule has 1 unspecified atom stereocenters. The lowest BCUT2D eigenvalue weighted by molar-refractivity contribution is 0.742. The third-order valence-electron chi connectivity index (χ3n) is 12.1. The fourth-order valence-corrected chi connectivity index (χ4v) is 9.34. The first-order valence-electron chi connectivity index (χ1n) is 19.7. The molecule has 1 heteroatoms. The quantitative estimate of drug-likeness (QED) is 0.161. The molecule has 10 aromatic rings. The number of allylic oxidation sites excluding steroid dienone is 1. The summed E-state index contributed by atoms with van der Waals surface area (Å²) in [5, 5.41) is 12.8. The van der Waals surface area contributed by atoms with Gasteiger partial charge in [-0.1, -0.05) is 177 Å². The minimum atomic E-state index is 0.416. The van der Waals surface area contributed by atoms with E-state index in [2.05, 4.69) is 212 Å². The van der Waals surface area contributed by atoms with Gasteiger partial charge < -0.3 is 4.90 Å². The van der Waals surface area contributed by atoms with Crippen LogP contribution < -0.4 is 4.90 Å². The van der Waals surface area contributed by atoms with Crippen molar-refractivity contribution in [2.75, 3.05) is 4.90 Å². The molecule has 0 amide bonds. The molecule has 0 saturated heterocycles. The summed E-state index contributed by atoms with van der Waals surface area (Å²) in [7, 11) is 0. The largest absolute Gasteiger partial charge is 0.310 e. The molecule has 0 saturated carbocycles. The molecule has 10 aromatic carbocycles. The van der Waals surface area contributed by atoms with Crippen molar-refractivity contribution in [2.45, 2.75) is 13.3 Å². The lowest BCUT2D eigenvalue weighted by Gasteiger charge is -2.29. The summed E-state index contributed by atoms with van der Waals surface area (Å²) in [6.45, 7) is 2.37. The Labute approximate surface area is 327 Å². The highest BCUT2D eigenvalue weighted by molar-refractivity contribution is 6.15. The topological polar surface area (TPSA) is 3.24 Å². The molecule has 1 aliphatic carbocycles. The molecule has 11 rings (SSSR count). The zero-order chi connectivity index (χ0) is 37.2. The van der Waals surface area contributed by atoms with Crippen molar-refractivity contribution in [2.24, 2.45) is 5.92 Å². The van der Waals surface area contributed by atoms with E-state index in [0.29, 0.717) is 5.92 Å². The van der Waals surface area contributed by atoms with Crippen molar-refractivity contribution in [1.29, 1.82) is 0 Å². The van der Waals surface area contributed by atoms with Crippen LogP contribution in [0.15, 0.2) is 194 Å². The van der Waals surface area contributed by atoms with E-state index in [-0.39, 0.29) is 0 Å². The molecular weight excluding hydrogens is 675 g/mol. The molecule has 0 aliphatic heterocycles. The van der Waals surface area contributed by atoms with Crippen LogP contribution in [0, 0.1) is 5.92 Å². The third-order valence-corrected chi connectivity index (χ3v) is 12.1. The van der Waals surface area contributed by atoms with E-state index in [1.165, 1.54) is 92.9 Å². The smallest absolute Gasteiger partial charge is 0.0546 e. The molecule has 1 atom stereocenters. The predicted octanol–water partition coefficient (Wildman–Crippen LogP) is 15.3. The fourth-order valence-electron chi connectivity index (χ4n) is 9.34. The maximum Gasteiger partial charge on any atom is 0.0546 e. The van der Waals surface area contributed by atoms with Crippen molar-refractivity contribution < 1.29 is 0 Å². The molecule has 0 fully saturated rings. The highest BCUT2D eigenvalue weighted by Gasteiger charge is 2.22.